The van der Waals surface area contributed by atoms with E-state index in [1.165, 1.54) is 11.8 Å². The summed E-state index contributed by atoms with van der Waals surface area (Å²) in [6.07, 6.45) is 0.661. The van der Waals surface area contributed by atoms with E-state index in [0.717, 1.165) is 11.3 Å². The lowest BCUT2D eigenvalue weighted by Gasteiger charge is -2.31. The first-order chi connectivity index (χ1) is 14.3. The summed E-state index contributed by atoms with van der Waals surface area (Å²) < 4.78 is 7.44. The summed E-state index contributed by atoms with van der Waals surface area (Å²) in [5.74, 6) is 0.122. The second-order valence-corrected chi connectivity index (χ2v) is 9.23. The molecule has 0 aliphatic carbocycles. The zero-order chi connectivity index (χ0) is 21.5. The summed E-state index contributed by atoms with van der Waals surface area (Å²) >= 11 is 7.14. The molecule has 0 radical (unpaired) electrons. The minimum atomic E-state index is -0.297. The lowest BCUT2D eigenvalue weighted by molar-refractivity contribution is -0.0411. The third kappa shape index (κ3) is 4.15. The highest BCUT2D eigenvalue weighted by atomic mass is 35.5. The Morgan fingerprint density at radius 2 is 2.00 bits per heavy atom. The Hall–Kier alpha value is -2.22. The van der Waals surface area contributed by atoms with Crippen molar-refractivity contribution >= 4 is 40.2 Å². The van der Waals surface area contributed by atoms with Crippen LogP contribution in [0.15, 0.2) is 40.3 Å². The van der Waals surface area contributed by atoms with Crippen LogP contribution in [0, 0.1) is 0 Å². The van der Waals surface area contributed by atoms with E-state index in [-0.39, 0.29) is 22.7 Å². The van der Waals surface area contributed by atoms with Crippen LogP contribution in [0.5, 0.6) is 0 Å². The van der Waals surface area contributed by atoms with Crippen LogP contribution in [0.4, 0.5) is 0 Å². The largest absolute Gasteiger partial charge is 0.370 e. The molecule has 0 bridgehead atoms. The van der Waals surface area contributed by atoms with Crippen molar-refractivity contribution in [2.24, 2.45) is 0 Å². The van der Waals surface area contributed by atoms with Crippen LogP contribution in [0.25, 0.3) is 11.0 Å². The van der Waals surface area contributed by atoms with Crippen LogP contribution in [0.1, 0.15) is 42.4 Å². The standard InChI is InChI=1S/C22H22ClN3O3S/c1-4-26-20(28)16-9-14-11-29-22(2,3)10-17(14)24-19(16)25-21(26)30-12-18(27)13-5-7-15(23)8-6-13/h5-9H,4,10-12H2,1-3H3. The van der Waals surface area contributed by atoms with Crippen molar-refractivity contribution in [3.8, 4) is 0 Å². The third-order valence-electron chi connectivity index (χ3n) is 5.11. The molecule has 0 atom stereocenters. The van der Waals surface area contributed by atoms with Gasteiger partial charge in [-0.2, -0.15) is 0 Å². The minimum Gasteiger partial charge on any atom is -0.370 e. The molecule has 156 valence electrons. The molecule has 8 heteroatoms. The molecule has 0 N–H and O–H groups in total. The summed E-state index contributed by atoms with van der Waals surface area (Å²) in [6, 6.07) is 8.62. The van der Waals surface area contributed by atoms with Crippen molar-refractivity contribution in [3.63, 3.8) is 0 Å². The van der Waals surface area contributed by atoms with E-state index in [1.54, 1.807) is 28.8 Å². The normalized spacial score (nSPS) is 15.2. The highest BCUT2D eigenvalue weighted by Crippen LogP contribution is 2.28. The predicted molar refractivity (Wildman–Crippen MR) is 119 cm³/mol. The zero-order valence-electron chi connectivity index (χ0n) is 17.1. The maximum atomic E-state index is 13.1. The van der Waals surface area contributed by atoms with Crippen LogP contribution in [-0.2, 0) is 24.3 Å². The van der Waals surface area contributed by atoms with Gasteiger partial charge in [-0.3, -0.25) is 14.2 Å². The molecular weight excluding hydrogens is 422 g/mol. The monoisotopic (exact) mass is 443 g/mol. The minimum absolute atomic E-state index is 0.0500. The van der Waals surface area contributed by atoms with Gasteiger partial charge in [0.15, 0.2) is 16.6 Å². The number of benzene rings is 1. The Morgan fingerprint density at radius 1 is 1.27 bits per heavy atom. The molecule has 1 aliphatic rings. The number of pyridine rings is 1. The van der Waals surface area contributed by atoms with Crippen molar-refractivity contribution < 1.29 is 9.53 Å². The van der Waals surface area contributed by atoms with E-state index in [2.05, 4.69) is 9.97 Å². The first-order valence-corrected chi connectivity index (χ1v) is 11.1. The Kier molecular flexibility index (Phi) is 5.70. The number of thioether (sulfide) groups is 1. The number of carbonyl (C=O) groups excluding carboxylic acids is 1. The van der Waals surface area contributed by atoms with Gasteiger partial charge in [0.2, 0.25) is 0 Å². The fourth-order valence-electron chi connectivity index (χ4n) is 3.45. The van der Waals surface area contributed by atoms with Crippen LogP contribution < -0.4 is 5.56 Å². The quantitative estimate of drug-likeness (QED) is 0.332. The number of rotatable bonds is 5. The molecule has 3 aromatic rings. The van der Waals surface area contributed by atoms with Crippen LogP contribution in [0.3, 0.4) is 0 Å². The van der Waals surface area contributed by atoms with Gasteiger partial charge in [0, 0.05) is 29.1 Å². The summed E-state index contributed by atoms with van der Waals surface area (Å²) in [5, 5.41) is 1.56. The Morgan fingerprint density at radius 3 is 2.70 bits per heavy atom. The topological polar surface area (TPSA) is 74.1 Å². The molecule has 6 nitrogen and oxygen atoms in total. The van der Waals surface area contributed by atoms with Gasteiger partial charge in [0.1, 0.15) is 0 Å². The van der Waals surface area contributed by atoms with Crippen LogP contribution in [-0.4, -0.2) is 31.7 Å². The van der Waals surface area contributed by atoms with Crippen molar-refractivity contribution in [1.29, 1.82) is 0 Å². The number of hydrogen-bond donors (Lipinski definition) is 0. The second-order valence-electron chi connectivity index (χ2n) is 7.85. The fraction of sp³-hybridized carbons (Fsp3) is 0.364. The first-order valence-electron chi connectivity index (χ1n) is 9.76. The SMILES string of the molecule is CCn1c(SCC(=O)c2ccc(Cl)cc2)nc2nc3c(cc2c1=O)COC(C)(C)C3. The molecule has 0 unspecified atom stereocenters. The highest BCUT2D eigenvalue weighted by Gasteiger charge is 2.28. The maximum Gasteiger partial charge on any atom is 0.263 e. The zero-order valence-corrected chi connectivity index (χ0v) is 18.6. The summed E-state index contributed by atoms with van der Waals surface area (Å²) in [6.45, 7) is 6.82. The van der Waals surface area contributed by atoms with Gasteiger partial charge in [-0.1, -0.05) is 23.4 Å². The summed E-state index contributed by atoms with van der Waals surface area (Å²) in [5.41, 5.74) is 2.39. The summed E-state index contributed by atoms with van der Waals surface area (Å²) in [4.78, 5) is 34.9. The van der Waals surface area contributed by atoms with Gasteiger partial charge in [-0.05, 0) is 51.1 Å². The van der Waals surface area contributed by atoms with Crippen molar-refractivity contribution in [2.75, 3.05) is 5.75 Å². The molecule has 3 heterocycles. The number of nitrogens with zero attached hydrogens (tertiary/aromatic N) is 3. The van der Waals surface area contributed by atoms with Gasteiger partial charge in [-0.15, -0.1) is 0 Å². The van der Waals surface area contributed by atoms with Gasteiger partial charge < -0.3 is 4.74 Å². The number of halogens is 1. The maximum absolute atomic E-state index is 13.1. The molecule has 0 amide bonds. The van der Waals surface area contributed by atoms with Gasteiger partial charge in [-0.25, -0.2) is 9.97 Å². The number of hydrogen-bond acceptors (Lipinski definition) is 6. The van der Waals surface area contributed by atoms with E-state index < -0.39 is 0 Å². The van der Waals surface area contributed by atoms with Gasteiger partial charge in [0.25, 0.3) is 5.56 Å². The van der Waals surface area contributed by atoms with Gasteiger partial charge >= 0.3 is 0 Å². The average molecular weight is 444 g/mol. The van der Waals surface area contributed by atoms with E-state index in [4.69, 9.17) is 16.3 Å². The third-order valence-corrected chi connectivity index (χ3v) is 6.33. The number of carbonyl (C=O) groups is 1. The number of aromatic nitrogens is 3. The smallest absolute Gasteiger partial charge is 0.263 e. The molecule has 0 saturated heterocycles. The van der Waals surface area contributed by atoms with Gasteiger partial charge in [0.05, 0.1) is 29.0 Å². The number of Topliss-reactive ketones (excluding diaryl/α,β-unsaturated/α-hetero) is 1. The molecular formula is C22H22ClN3O3S. The lowest BCUT2D eigenvalue weighted by atomic mass is 9.95. The summed E-state index contributed by atoms with van der Waals surface area (Å²) in [7, 11) is 0. The predicted octanol–water partition coefficient (Wildman–Crippen LogP) is 4.29. The van der Waals surface area contributed by atoms with E-state index in [1.807, 2.05) is 26.8 Å². The molecule has 1 aliphatic heterocycles. The number of fused-ring (bicyclic) bond motifs is 2. The van der Waals surface area contributed by atoms with Crippen LogP contribution >= 0.6 is 23.4 Å². The molecule has 0 fully saturated rings. The Balaban J connectivity index is 1.68. The van der Waals surface area contributed by atoms with Crippen molar-refractivity contribution in [3.05, 3.63) is 62.5 Å². The Labute approximate surface area is 183 Å². The highest BCUT2D eigenvalue weighted by molar-refractivity contribution is 7.99. The second kappa shape index (κ2) is 8.13. The molecule has 1 aromatic carbocycles. The van der Waals surface area contributed by atoms with Crippen molar-refractivity contribution in [1.82, 2.24) is 14.5 Å². The van der Waals surface area contributed by atoms with Crippen molar-refractivity contribution in [2.45, 2.75) is 51.1 Å². The van der Waals surface area contributed by atoms with Crippen LogP contribution in [0.2, 0.25) is 5.02 Å². The van der Waals surface area contributed by atoms with E-state index in [0.29, 0.717) is 46.3 Å². The Bertz CT molecular complexity index is 1190. The molecule has 0 spiro atoms. The first kappa shape index (κ1) is 21.0. The van der Waals surface area contributed by atoms with E-state index >= 15 is 0 Å². The number of ketones is 1. The lowest BCUT2D eigenvalue weighted by Crippen LogP contribution is -2.33. The molecule has 4 rings (SSSR count). The fourth-order valence-corrected chi connectivity index (χ4v) is 4.52. The molecule has 30 heavy (non-hydrogen) atoms. The van der Waals surface area contributed by atoms with E-state index in [9.17, 15) is 9.59 Å². The average Bonchev–Trinajstić information content (AvgIpc) is 2.71. The molecule has 2 aromatic heterocycles. The molecule has 0 saturated carbocycles. The number of ether oxygens (including phenoxy) is 1.